The zero-order valence-electron chi connectivity index (χ0n) is 13.4. The number of pyridine rings is 1. The van der Waals surface area contributed by atoms with Gasteiger partial charge in [-0.1, -0.05) is 6.07 Å². The number of thiophene rings is 1. The maximum atomic E-state index is 13.7. The van der Waals surface area contributed by atoms with Crippen molar-refractivity contribution in [2.24, 2.45) is 0 Å². The summed E-state index contributed by atoms with van der Waals surface area (Å²) in [6, 6.07) is 15.1. The van der Waals surface area contributed by atoms with Gasteiger partial charge in [0.2, 0.25) is 0 Å². The second kappa shape index (κ2) is 6.65. The van der Waals surface area contributed by atoms with Gasteiger partial charge in [0.25, 0.3) is 5.91 Å². The van der Waals surface area contributed by atoms with Crippen molar-refractivity contribution in [1.29, 1.82) is 0 Å². The Bertz CT molecular complexity index is 1090. The minimum absolute atomic E-state index is 0.308. The van der Waals surface area contributed by atoms with Crippen molar-refractivity contribution >= 4 is 33.8 Å². The number of aromatic nitrogens is 1. The molecule has 2 heterocycles. The van der Waals surface area contributed by atoms with Crippen LogP contribution in [0.3, 0.4) is 0 Å². The van der Waals surface area contributed by atoms with Crippen LogP contribution >= 0.6 is 11.3 Å². The number of carbonyl (C=O) groups is 1. The monoisotopic (exact) mass is 366 g/mol. The molecule has 1 amide bonds. The molecule has 2 aromatic heterocycles. The van der Waals surface area contributed by atoms with E-state index in [4.69, 9.17) is 0 Å². The van der Waals surface area contributed by atoms with Crippen LogP contribution in [0.25, 0.3) is 21.5 Å². The molecule has 0 atom stereocenters. The third kappa shape index (κ3) is 3.19. The van der Waals surface area contributed by atoms with Crippen LogP contribution in [0.2, 0.25) is 0 Å². The van der Waals surface area contributed by atoms with Crippen LogP contribution < -0.4 is 5.32 Å². The second-order valence-corrected chi connectivity index (χ2v) is 6.60. The van der Waals surface area contributed by atoms with Gasteiger partial charge in [-0.2, -0.15) is 0 Å². The van der Waals surface area contributed by atoms with E-state index in [0.717, 1.165) is 4.88 Å². The van der Waals surface area contributed by atoms with E-state index in [1.54, 1.807) is 12.1 Å². The Morgan fingerprint density at radius 2 is 1.73 bits per heavy atom. The molecule has 26 heavy (non-hydrogen) atoms. The van der Waals surface area contributed by atoms with E-state index in [1.807, 2.05) is 17.5 Å². The molecule has 0 fully saturated rings. The Morgan fingerprint density at radius 1 is 0.962 bits per heavy atom. The molecule has 0 unspecified atom stereocenters. The van der Waals surface area contributed by atoms with Gasteiger partial charge < -0.3 is 5.32 Å². The number of hydrogen-bond donors (Lipinski definition) is 1. The average Bonchev–Trinajstić information content (AvgIpc) is 3.17. The summed E-state index contributed by atoms with van der Waals surface area (Å²) in [5, 5.41) is 5.06. The Morgan fingerprint density at radius 3 is 2.46 bits per heavy atom. The first kappa shape index (κ1) is 16.4. The molecular formula is C20H12F2N2OS. The van der Waals surface area contributed by atoms with Crippen molar-refractivity contribution in [2.75, 3.05) is 5.32 Å². The number of rotatable bonds is 3. The van der Waals surface area contributed by atoms with E-state index >= 15 is 0 Å². The van der Waals surface area contributed by atoms with Crippen molar-refractivity contribution in [3.63, 3.8) is 0 Å². The van der Waals surface area contributed by atoms with E-state index < -0.39 is 11.7 Å². The molecule has 3 nitrogen and oxygen atoms in total. The van der Waals surface area contributed by atoms with Crippen LogP contribution in [0.5, 0.6) is 0 Å². The number of nitrogens with one attached hydrogen (secondary N) is 1. The summed E-state index contributed by atoms with van der Waals surface area (Å²) in [7, 11) is 0. The van der Waals surface area contributed by atoms with Crippen molar-refractivity contribution < 1.29 is 13.6 Å². The van der Waals surface area contributed by atoms with E-state index in [-0.39, 0.29) is 5.82 Å². The van der Waals surface area contributed by atoms with Gasteiger partial charge in [0, 0.05) is 11.1 Å². The first-order valence-electron chi connectivity index (χ1n) is 7.81. The standard InChI is InChI=1S/C20H12F2N2OS/c21-12-3-6-14(7-4-12)23-20(25)16-11-18(19-2-1-9-26-19)24-17-8-5-13(22)10-15(16)17/h1-11H,(H,23,25). The molecule has 0 spiro atoms. The van der Waals surface area contributed by atoms with Crippen LogP contribution in [-0.2, 0) is 0 Å². The fourth-order valence-electron chi connectivity index (χ4n) is 2.67. The van der Waals surface area contributed by atoms with Crippen LogP contribution in [0, 0.1) is 11.6 Å². The Labute approximate surface area is 151 Å². The SMILES string of the molecule is O=C(Nc1ccc(F)cc1)c1cc(-c2cccs2)nc2ccc(F)cc12. The first-order chi connectivity index (χ1) is 12.6. The highest BCUT2D eigenvalue weighted by molar-refractivity contribution is 7.13. The largest absolute Gasteiger partial charge is 0.322 e. The Hall–Kier alpha value is -3.12. The summed E-state index contributed by atoms with van der Waals surface area (Å²) in [6.45, 7) is 0. The highest BCUT2D eigenvalue weighted by Gasteiger charge is 2.15. The van der Waals surface area contributed by atoms with E-state index in [1.165, 1.54) is 47.7 Å². The molecule has 0 aliphatic carbocycles. The van der Waals surface area contributed by atoms with Crippen molar-refractivity contribution in [3.8, 4) is 10.6 Å². The molecular weight excluding hydrogens is 354 g/mol. The summed E-state index contributed by atoms with van der Waals surface area (Å²) < 4.78 is 26.8. The van der Waals surface area contributed by atoms with Gasteiger partial charge >= 0.3 is 0 Å². The molecule has 6 heteroatoms. The maximum absolute atomic E-state index is 13.7. The number of carbonyl (C=O) groups excluding carboxylic acids is 1. The minimum atomic E-state index is -0.445. The predicted molar refractivity (Wildman–Crippen MR) is 99.4 cm³/mol. The van der Waals surface area contributed by atoms with Crippen molar-refractivity contribution in [2.45, 2.75) is 0 Å². The first-order valence-corrected chi connectivity index (χ1v) is 8.69. The van der Waals surface area contributed by atoms with Gasteiger partial charge in [0.15, 0.2) is 0 Å². The van der Waals surface area contributed by atoms with E-state index in [0.29, 0.717) is 27.8 Å². The van der Waals surface area contributed by atoms with Crippen LogP contribution in [0.1, 0.15) is 10.4 Å². The molecule has 0 radical (unpaired) electrons. The third-order valence-electron chi connectivity index (χ3n) is 3.89. The maximum Gasteiger partial charge on any atom is 0.256 e. The lowest BCUT2D eigenvalue weighted by molar-refractivity contribution is 0.102. The molecule has 0 aliphatic heterocycles. The Balaban J connectivity index is 1.82. The van der Waals surface area contributed by atoms with Gasteiger partial charge in [0.1, 0.15) is 11.6 Å². The summed E-state index contributed by atoms with van der Waals surface area (Å²) in [5.74, 6) is -1.24. The Kier molecular flexibility index (Phi) is 4.18. The molecule has 4 rings (SSSR count). The normalized spacial score (nSPS) is 10.8. The van der Waals surface area contributed by atoms with Crippen LogP contribution in [0.15, 0.2) is 66.0 Å². The molecule has 0 aliphatic rings. The number of anilines is 1. The molecule has 0 saturated carbocycles. The van der Waals surface area contributed by atoms with Gasteiger partial charge in [-0.05, 0) is 60.0 Å². The van der Waals surface area contributed by atoms with Crippen LogP contribution in [0.4, 0.5) is 14.5 Å². The zero-order valence-corrected chi connectivity index (χ0v) is 14.2. The number of benzene rings is 2. The number of hydrogen-bond acceptors (Lipinski definition) is 3. The highest BCUT2D eigenvalue weighted by atomic mass is 32.1. The van der Waals surface area contributed by atoms with Gasteiger partial charge in [-0.15, -0.1) is 11.3 Å². The highest BCUT2D eigenvalue weighted by Crippen LogP contribution is 2.28. The van der Waals surface area contributed by atoms with Crippen molar-refractivity contribution in [1.82, 2.24) is 4.98 Å². The second-order valence-electron chi connectivity index (χ2n) is 5.65. The van der Waals surface area contributed by atoms with Crippen molar-refractivity contribution in [3.05, 3.63) is 83.2 Å². The molecule has 4 aromatic rings. The fraction of sp³-hybridized carbons (Fsp3) is 0. The molecule has 0 saturated heterocycles. The number of halogens is 2. The third-order valence-corrected chi connectivity index (χ3v) is 4.78. The van der Waals surface area contributed by atoms with Gasteiger partial charge in [-0.3, -0.25) is 4.79 Å². The molecule has 0 bridgehead atoms. The number of amides is 1. The number of fused-ring (bicyclic) bond motifs is 1. The van der Waals surface area contributed by atoms with Gasteiger partial charge in [0.05, 0.1) is 21.7 Å². The zero-order chi connectivity index (χ0) is 18.1. The van der Waals surface area contributed by atoms with E-state index in [9.17, 15) is 13.6 Å². The number of nitrogens with zero attached hydrogens (tertiary/aromatic N) is 1. The lowest BCUT2D eigenvalue weighted by Crippen LogP contribution is -2.13. The smallest absolute Gasteiger partial charge is 0.256 e. The lowest BCUT2D eigenvalue weighted by Gasteiger charge is -2.10. The summed E-state index contributed by atoms with van der Waals surface area (Å²) in [6.07, 6.45) is 0. The summed E-state index contributed by atoms with van der Waals surface area (Å²) in [5.41, 5.74) is 1.93. The molecule has 2 aromatic carbocycles. The molecule has 128 valence electrons. The lowest BCUT2D eigenvalue weighted by atomic mass is 10.1. The molecule has 1 N–H and O–H groups in total. The summed E-state index contributed by atoms with van der Waals surface area (Å²) >= 11 is 1.50. The fourth-order valence-corrected chi connectivity index (χ4v) is 3.35. The van der Waals surface area contributed by atoms with Crippen LogP contribution in [-0.4, -0.2) is 10.9 Å². The quantitative estimate of drug-likeness (QED) is 0.521. The van der Waals surface area contributed by atoms with E-state index in [2.05, 4.69) is 10.3 Å². The topological polar surface area (TPSA) is 42.0 Å². The summed E-state index contributed by atoms with van der Waals surface area (Å²) in [4.78, 5) is 18.2. The average molecular weight is 366 g/mol. The predicted octanol–water partition coefficient (Wildman–Crippen LogP) is 5.49. The van der Waals surface area contributed by atoms with Gasteiger partial charge in [-0.25, -0.2) is 13.8 Å². The minimum Gasteiger partial charge on any atom is -0.322 e.